The highest BCUT2D eigenvalue weighted by Crippen LogP contribution is 2.41. The van der Waals surface area contributed by atoms with Gasteiger partial charge >= 0.3 is 0 Å². The molecule has 0 N–H and O–H groups in total. The molecule has 0 unspecified atom stereocenters. The topological polar surface area (TPSA) is 13.1 Å². The largest absolute Gasteiger partial charge is 0.455 e. The fourth-order valence-electron chi connectivity index (χ4n) is 2.77. The first-order valence-corrected chi connectivity index (χ1v) is 7.95. The van der Waals surface area contributed by atoms with Crippen LogP contribution >= 0.6 is 15.9 Å². The Morgan fingerprint density at radius 3 is 2.23 bits per heavy atom. The fraction of sp³-hybridized carbons (Fsp3) is 0. The Bertz CT molecular complexity index is 938. The van der Waals surface area contributed by atoms with Crippen LogP contribution in [0.1, 0.15) is 0 Å². The SMILES string of the molecule is Brc1cccc(-c2oc3ccccc3c2-c2ccccc2)c1. The molecule has 22 heavy (non-hydrogen) atoms. The van der Waals surface area contributed by atoms with E-state index in [1.54, 1.807) is 0 Å². The van der Waals surface area contributed by atoms with E-state index >= 15 is 0 Å². The fourth-order valence-corrected chi connectivity index (χ4v) is 3.17. The van der Waals surface area contributed by atoms with Crippen molar-refractivity contribution in [2.75, 3.05) is 0 Å². The van der Waals surface area contributed by atoms with Crippen molar-refractivity contribution in [3.63, 3.8) is 0 Å². The zero-order valence-electron chi connectivity index (χ0n) is 11.8. The van der Waals surface area contributed by atoms with Crippen LogP contribution in [0.25, 0.3) is 33.4 Å². The van der Waals surface area contributed by atoms with Crippen LogP contribution in [-0.4, -0.2) is 0 Å². The van der Waals surface area contributed by atoms with E-state index in [1.807, 2.05) is 30.3 Å². The third-order valence-corrected chi connectivity index (χ3v) is 4.24. The summed E-state index contributed by atoms with van der Waals surface area (Å²) < 4.78 is 7.22. The molecule has 0 radical (unpaired) electrons. The summed E-state index contributed by atoms with van der Waals surface area (Å²) in [6.45, 7) is 0. The minimum atomic E-state index is 0.911. The summed E-state index contributed by atoms with van der Waals surface area (Å²) in [5.74, 6) is 0.911. The molecule has 0 aliphatic rings. The Balaban J connectivity index is 2.06. The highest BCUT2D eigenvalue weighted by molar-refractivity contribution is 9.10. The van der Waals surface area contributed by atoms with Gasteiger partial charge in [-0.25, -0.2) is 0 Å². The van der Waals surface area contributed by atoms with Crippen LogP contribution in [0.15, 0.2) is 87.8 Å². The zero-order valence-corrected chi connectivity index (χ0v) is 13.4. The minimum Gasteiger partial charge on any atom is -0.455 e. The van der Waals surface area contributed by atoms with Crippen molar-refractivity contribution < 1.29 is 4.42 Å². The summed E-state index contributed by atoms with van der Waals surface area (Å²) >= 11 is 3.54. The van der Waals surface area contributed by atoms with Crippen molar-refractivity contribution in [3.8, 4) is 22.5 Å². The Labute approximate surface area is 137 Å². The van der Waals surface area contributed by atoms with Crippen molar-refractivity contribution >= 4 is 26.9 Å². The van der Waals surface area contributed by atoms with Crippen LogP contribution in [-0.2, 0) is 0 Å². The molecule has 0 spiro atoms. The predicted octanol–water partition coefficient (Wildman–Crippen LogP) is 6.53. The lowest BCUT2D eigenvalue weighted by molar-refractivity contribution is 0.632. The highest BCUT2D eigenvalue weighted by atomic mass is 79.9. The second-order valence-electron chi connectivity index (χ2n) is 5.18. The van der Waals surface area contributed by atoms with E-state index in [-0.39, 0.29) is 0 Å². The lowest BCUT2D eigenvalue weighted by Crippen LogP contribution is -1.81. The van der Waals surface area contributed by atoms with Gasteiger partial charge in [0.2, 0.25) is 0 Å². The number of halogens is 1. The van der Waals surface area contributed by atoms with E-state index in [9.17, 15) is 0 Å². The molecule has 0 bridgehead atoms. The molecule has 1 nitrogen and oxygen atoms in total. The molecule has 1 heterocycles. The van der Waals surface area contributed by atoms with Gasteiger partial charge in [-0.15, -0.1) is 0 Å². The molecule has 0 atom stereocenters. The summed E-state index contributed by atoms with van der Waals surface area (Å²) in [4.78, 5) is 0. The van der Waals surface area contributed by atoms with Gasteiger partial charge in [-0.05, 0) is 23.8 Å². The molecular formula is C20H13BrO. The van der Waals surface area contributed by atoms with Gasteiger partial charge in [-0.1, -0.05) is 76.6 Å². The molecule has 0 fully saturated rings. The second kappa shape index (κ2) is 5.47. The summed E-state index contributed by atoms with van der Waals surface area (Å²) in [6.07, 6.45) is 0. The second-order valence-corrected chi connectivity index (χ2v) is 6.09. The third kappa shape index (κ3) is 2.26. The molecule has 4 rings (SSSR count). The first kappa shape index (κ1) is 13.4. The molecule has 1 aromatic heterocycles. The summed E-state index contributed by atoms with van der Waals surface area (Å²) in [7, 11) is 0. The maximum absolute atomic E-state index is 6.17. The Hall–Kier alpha value is -2.32. The first-order valence-electron chi connectivity index (χ1n) is 7.16. The van der Waals surface area contributed by atoms with E-state index in [4.69, 9.17) is 4.42 Å². The molecular weight excluding hydrogens is 336 g/mol. The lowest BCUT2D eigenvalue weighted by atomic mass is 9.99. The van der Waals surface area contributed by atoms with Crippen molar-refractivity contribution in [1.82, 2.24) is 0 Å². The predicted molar refractivity (Wildman–Crippen MR) is 94.8 cm³/mol. The molecule has 0 aliphatic carbocycles. The van der Waals surface area contributed by atoms with Gasteiger partial charge in [0.1, 0.15) is 11.3 Å². The maximum atomic E-state index is 6.17. The summed E-state index contributed by atoms with van der Waals surface area (Å²) in [6, 6.07) is 26.8. The van der Waals surface area contributed by atoms with Crippen LogP contribution < -0.4 is 0 Å². The zero-order chi connectivity index (χ0) is 14.9. The number of benzene rings is 3. The lowest BCUT2D eigenvalue weighted by Gasteiger charge is -2.04. The van der Waals surface area contributed by atoms with Crippen LogP contribution in [0.2, 0.25) is 0 Å². The third-order valence-electron chi connectivity index (χ3n) is 3.74. The quantitative estimate of drug-likeness (QED) is 0.401. The standard InChI is InChI=1S/C20H13BrO/c21-16-10-6-9-15(13-16)20-19(14-7-2-1-3-8-14)17-11-4-5-12-18(17)22-20/h1-13H. The van der Waals surface area contributed by atoms with Gasteiger partial charge in [-0.3, -0.25) is 0 Å². The van der Waals surface area contributed by atoms with Gasteiger partial charge in [0, 0.05) is 21.0 Å². The first-order chi connectivity index (χ1) is 10.8. The maximum Gasteiger partial charge on any atom is 0.143 e. The molecule has 2 heteroatoms. The molecule has 4 aromatic rings. The van der Waals surface area contributed by atoms with Gasteiger partial charge in [0.15, 0.2) is 0 Å². The normalized spacial score (nSPS) is 11.0. The Kier molecular flexibility index (Phi) is 3.32. The molecule has 106 valence electrons. The van der Waals surface area contributed by atoms with E-state index in [2.05, 4.69) is 64.5 Å². The van der Waals surface area contributed by atoms with Crippen LogP contribution in [0.3, 0.4) is 0 Å². The van der Waals surface area contributed by atoms with Crippen LogP contribution in [0, 0.1) is 0 Å². The Morgan fingerprint density at radius 2 is 1.41 bits per heavy atom. The number of furan rings is 1. The average Bonchev–Trinajstić information content (AvgIpc) is 2.95. The van der Waals surface area contributed by atoms with Gasteiger partial charge in [0.05, 0.1) is 0 Å². The number of hydrogen-bond acceptors (Lipinski definition) is 1. The van der Waals surface area contributed by atoms with Crippen molar-refractivity contribution in [2.45, 2.75) is 0 Å². The van der Waals surface area contributed by atoms with Gasteiger partial charge in [-0.2, -0.15) is 0 Å². The number of para-hydroxylation sites is 1. The molecule has 0 saturated heterocycles. The van der Waals surface area contributed by atoms with Crippen LogP contribution in [0.5, 0.6) is 0 Å². The van der Waals surface area contributed by atoms with Crippen molar-refractivity contribution in [3.05, 3.63) is 83.3 Å². The van der Waals surface area contributed by atoms with E-state index in [0.717, 1.165) is 32.3 Å². The average molecular weight is 349 g/mol. The number of rotatable bonds is 2. The highest BCUT2D eigenvalue weighted by Gasteiger charge is 2.17. The van der Waals surface area contributed by atoms with Crippen molar-refractivity contribution in [1.29, 1.82) is 0 Å². The minimum absolute atomic E-state index is 0.911. The van der Waals surface area contributed by atoms with E-state index in [0.29, 0.717) is 0 Å². The molecule has 0 aliphatic heterocycles. The van der Waals surface area contributed by atoms with E-state index < -0.39 is 0 Å². The molecule has 3 aromatic carbocycles. The van der Waals surface area contributed by atoms with E-state index in [1.165, 1.54) is 5.56 Å². The van der Waals surface area contributed by atoms with Gasteiger partial charge < -0.3 is 4.42 Å². The summed E-state index contributed by atoms with van der Waals surface area (Å²) in [5, 5.41) is 1.14. The molecule has 0 saturated carbocycles. The number of fused-ring (bicyclic) bond motifs is 1. The number of hydrogen-bond donors (Lipinski definition) is 0. The monoisotopic (exact) mass is 348 g/mol. The Morgan fingerprint density at radius 1 is 0.682 bits per heavy atom. The van der Waals surface area contributed by atoms with Crippen molar-refractivity contribution in [2.24, 2.45) is 0 Å². The molecule has 0 amide bonds. The summed E-state index contributed by atoms with van der Waals surface area (Å²) in [5.41, 5.74) is 4.30. The smallest absolute Gasteiger partial charge is 0.143 e. The van der Waals surface area contributed by atoms with Gasteiger partial charge in [0.25, 0.3) is 0 Å². The van der Waals surface area contributed by atoms with Crippen LogP contribution in [0.4, 0.5) is 0 Å².